The number of aromatic nitrogens is 3. The molecule has 1 fully saturated rings. The Hall–Kier alpha value is -2.82. The molecule has 1 saturated carbocycles. The van der Waals surface area contributed by atoms with E-state index in [0.29, 0.717) is 11.3 Å². The molecule has 3 nitrogen and oxygen atoms in total. The first kappa shape index (κ1) is 13.6. The summed E-state index contributed by atoms with van der Waals surface area (Å²) >= 11 is 0. The van der Waals surface area contributed by atoms with Crippen LogP contribution in [0, 0.1) is 11.6 Å². The molecular formula is C19H13F2N3. The van der Waals surface area contributed by atoms with Gasteiger partial charge in [0.25, 0.3) is 0 Å². The van der Waals surface area contributed by atoms with Gasteiger partial charge >= 0.3 is 0 Å². The fourth-order valence-corrected chi connectivity index (χ4v) is 3.31. The molecule has 0 saturated heterocycles. The molecule has 2 aromatic heterocycles. The average Bonchev–Trinajstić information content (AvgIpc) is 3.35. The van der Waals surface area contributed by atoms with E-state index in [9.17, 15) is 8.78 Å². The van der Waals surface area contributed by atoms with Crippen LogP contribution in [0.3, 0.4) is 0 Å². The number of nitrogens with zero attached hydrogens (tertiary/aromatic N) is 3. The Labute approximate surface area is 136 Å². The summed E-state index contributed by atoms with van der Waals surface area (Å²) in [6, 6.07) is 10.4. The second-order valence-corrected chi connectivity index (χ2v) is 6.20. The van der Waals surface area contributed by atoms with Gasteiger partial charge < -0.3 is 4.57 Å². The Kier molecular flexibility index (Phi) is 2.74. The van der Waals surface area contributed by atoms with Crippen LogP contribution >= 0.6 is 0 Å². The minimum absolute atomic E-state index is 0.214. The van der Waals surface area contributed by atoms with Gasteiger partial charge in [-0.1, -0.05) is 24.3 Å². The van der Waals surface area contributed by atoms with E-state index in [1.165, 1.54) is 6.07 Å². The summed E-state index contributed by atoms with van der Waals surface area (Å²) in [7, 11) is 0. The topological polar surface area (TPSA) is 30.7 Å². The monoisotopic (exact) mass is 321 g/mol. The lowest BCUT2D eigenvalue weighted by Gasteiger charge is -2.09. The van der Waals surface area contributed by atoms with Gasteiger partial charge in [-0.25, -0.2) is 13.8 Å². The van der Waals surface area contributed by atoms with E-state index in [2.05, 4.69) is 9.97 Å². The lowest BCUT2D eigenvalue weighted by molar-refractivity contribution is 0.590. The van der Waals surface area contributed by atoms with Crippen molar-refractivity contribution in [2.75, 3.05) is 0 Å². The van der Waals surface area contributed by atoms with Crippen molar-refractivity contribution in [1.29, 1.82) is 0 Å². The van der Waals surface area contributed by atoms with Crippen LogP contribution in [-0.2, 0) is 0 Å². The van der Waals surface area contributed by atoms with Crippen molar-refractivity contribution in [1.82, 2.24) is 14.5 Å². The van der Waals surface area contributed by atoms with Crippen LogP contribution in [0.25, 0.3) is 33.2 Å². The lowest BCUT2D eigenvalue weighted by atomic mass is 10.1. The molecule has 0 atom stereocenters. The summed E-state index contributed by atoms with van der Waals surface area (Å²) in [5, 5.41) is 2.00. The standard InChI is InChI=1S/C19H13F2N3/c20-12-7-16(21)18-17(8-12)24(13-5-6-13)19(23-18)15-10-22-9-11-3-1-2-4-14(11)15/h1-4,7-10,13H,5-6H2. The van der Waals surface area contributed by atoms with E-state index in [0.717, 1.165) is 35.2 Å². The van der Waals surface area contributed by atoms with E-state index in [1.54, 1.807) is 12.4 Å². The van der Waals surface area contributed by atoms with Gasteiger partial charge in [-0.15, -0.1) is 0 Å². The molecule has 5 rings (SSSR count). The number of hydrogen-bond acceptors (Lipinski definition) is 2. The number of halogens is 2. The maximum Gasteiger partial charge on any atom is 0.153 e. The Morgan fingerprint density at radius 2 is 1.88 bits per heavy atom. The van der Waals surface area contributed by atoms with Gasteiger partial charge in [0.05, 0.1) is 5.52 Å². The molecule has 5 heteroatoms. The number of benzene rings is 2. The largest absolute Gasteiger partial charge is 0.321 e. The zero-order chi connectivity index (χ0) is 16.3. The summed E-state index contributed by atoms with van der Waals surface area (Å²) in [5.41, 5.74) is 1.57. The maximum absolute atomic E-state index is 14.2. The first-order valence-electron chi connectivity index (χ1n) is 7.92. The zero-order valence-electron chi connectivity index (χ0n) is 12.7. The highest BCUT2D eigenvalue weighted by atomic mass is 19.1. The number of hydrogen-bond donors (Lipinski definition) is 0. The van der Waals surface area contributed by atoms with Crippen LogP contribution in [0.4, 0.5) is 8.78 Å². The van der Waals surface area contributed by atoms with Crippen molar-refractivity contribution in [3.05, 3.63) is 60.4 Å². The third kappa shape index (κ3) is 1.94. The maximum atomic E-state index is 14.2. The van der Waals surface area contributed by atoms with Gasteiger partial charge in [0, 0.05) is 35.5 Å². The molecule has 1 aliphatic rings. The predicted octanol–water partition coefficient (Wildman–Crippen LogP) is 4.86. The lowest BCUT2D eigenvalue weighted by Crippen LogP contribution is -1.98. The van der Waals surface area contributed by atoms with Crippen molar-refractivity contribution < 1.29 is 8.78 Å². The summed E-state index contributed by atoms with van der Waals surface area (Å²) in [6.45, 7) is 0. The Balaban J connectivity index is 1.89. The van der Waals surface area contributed by atoms with E-state index >= 15 is 0 Å². The quantitative estimate of drug-likeness (QED) is 0.527. The number of rotatable bonds is 2. The normalized spacial score (nSPS) is 14.6. The summed E-state index contributed by atoms with van der Waals surface area (Å²) in [6.07, 6.45) is 5.53. The van der Waals surface area contributed by atoms with Crippen LogP contribution in [0.1, 0.15) is 18.9 Å². The zero-order valence-corrected chi connectivity index (χ0v) is 12.7. The van der Waals surface area contributed by atoms with Crippen LogP contribution in [0.2, 0.25) is 0 Å². The summed E-state index contributed by atoms with van der Waals surface area (Å²) < 4.78 is 29.9. The minimum Gasteiger partial charge on any atom is -0.321 e. The molecule has 0 aliphatic heterocycles. The molecule has 2 aromatic carbocycles. The number of imidazole rings is 1. The smallest absolute Gasteiger partial charge is 0.153 e. The molecule has 0 N–H and O–H groups in total. The summed E-state index contributed by atoms with van der Waals surface area (Å²) in [4.78, 5) is 8.82. The summed E-state index contributed by atoms with van der Waals surface area (Å²) in [5.74, 6) is -0.551. The molecule has 2 heterocycles. The molecule has 0 bridgehead atoms. The van der Waals surface area contributed by atoms with Crippen molar-refractivity contribution in [3.8, 4) is 11.4 Å². The van der Waals surface area contributed by atoms with Gasteiger partial charge in [0.2, 0.25) is 0 Å². The third-order valence-electron chi connectivity index (χ3n) is 4.53. The van der Waals surface area contributed by atoms with E-state index in [1.807, 2.05) is 28.8 Å². The van der Waals surface area contributed by atoms with E-state index < -0.39 is 11.6 Å². The van der Waals surface area contributed by atoms with Crippen LogP contribution < -0.4 is 0 Å². The van der Waals surface area contributed by atoms with Gasteiger partial charge in [0.15, 0.2) is 5.82 Å². The van der Waals surface area contributed by atoms with Crippen molar-refractivity contribution in [2.24, 2.45) is 0 Å². The Bertz CT molecular complexity index is 1090. The molecule has 0 unspecified atom stereocenters. The predicted molar refractivity (Wildman–Crippen MR) is 88.7 cm³/mol. The fourth-order valence-electron chi connectivity index (χ4n) is 3.31. The van der Waals surface area contributed by atoms with Crippen LogP contribution in [0.15, 0.2) is 48.8 Å². The Morgan fingerprint density at radius 3 is 2.71 bits per heavy atom. The molecule has 4 aromatic rings. The third-order valence-corrected chi connectivity index (χ3v) is 4.53. The average molecular weight is 321 g/mol. The van der Waals surface area contributed by atoms with Crippen molar-refractivity contribution in [3.63, 3.8) is 0 Å². The van der Waals surface area contributed by atoms with E-state index in [4.69, 9.17) is 0 Å². The molecular weight excluding hydrogens is 308 g/mol. The highest BCUT2D eigenvalue weighted by Crippen LogP contribution is 2.42. The van der Waals surface area contributed by atoms with Crippen LogP contribution in [0.5, 0.6) is 0 Å². The molecule has 0 radical (unpaired) electrons. The molecule has 24 heavy (non-hydrogen) atoms. The fraction of sp³-hybridized carbons (Fsp3) is 0.158. The highest BCUT2D eigenvalue weighted by molar-refractivity contribution is 5.96. The molecule has 1 aliphatic carbocycles. The SMILES string of the molecule is Fc1cc(F)c2nc(-c3cncc4ccccc34)n(C3CC3)c2c1. The van der Waals surface area contributed by atoms with Gasteiger partial charge in [0.1, 0.15) is 17.2 Å². The Morgan fingerprint density at radius 1 is 1.04 bits per heavy atom. The highest BCUT2D eigenvalue weighted by Gasteiger charge is 2.30. The second-order valence-electron chi connectivity index (χ2n) is 6.20. The first-order valence-corrected chi connectivity index (χ1v) is 7.92. The minimum atomic E-state index is -0.626. The second kappa shape index (κ2) is 4.84. The first-order chi connectivity index (χ1) is 11.7. The molecule has 0 spiro atoms. The number of fused-ring (bicyclic) bond motifs is 2. The van der Waals surface area contributed by atoms with E-state index in [-0.39, 0.29) is 11.6 Å². The molecule has 0 amide bonds. The van der Waals surface area contributed by atoms with Crippen molar-refractivity contribution in [2.45, 2.75) is 18.9 Å². The van der Waals surface area contributed by atoms with Crippen LogP contribution in [-0.4, -0.2) is 14.5 Å². The molecule has 118 valence electrons. The van der Waals surface area contributed by atoms with Gasteiger partial charge in [-0.2, -0.15) is 0 Å². The van der Waals surface area contributed by atoms with Crippen molar-refractivity contribution >= 4 is 21.8 Å². The van der Waals surface area contributed by atoms with Gasteiger partial charge in [-0.05, 0) is 24.3 Å². The van der Waals surface area contributed by atoms with Gasteiger partial charge in [-0.3, -0.25) is 4.98 Å². The number of pyridine rings is 1.